The first-order valence-corrected chi connectivity index (χ1v) is 48.8. The summed E-state index contributed by atoms with van der Waals surface area (Å²) in [6.07, 6.45) is 30.4. The number of ketones is 2. The minimum atomic E-state index is -0.377. The Hall–Kier alpha value is -12.9. The Morgan fingerprint density at radius 1 is 0.286 bits per heavy atom. The number of benzene rings is 7. The van der Waals surface area contributed by atoms with E-state index in [1.54, 1.807) is 203 Å². The highest BCUT2D eigenvalue weighted by Crippen LogP contribution is 2.27. The fraction of sp³-hybridized carbons (Fsp3) is 0.438. The van der Waals surface area contributed by atoms with Crippen LogP contribution in [0.25, 0.3) is 0 Å². The van der Waals surface area contributed by atoms with E-state index in [-0.39, 0.29) is 93.3 Å². The van der Waals surface area contributed by atoms with Crippen LogP contribution in [-0.4, -0.2) is 135 Å². The maximum atomic E-state index is 13.6. The molecule has 0 aliphatic heterocycles. The first-order chi connectivity index (χ1) is 66.7. The van der Waals surface area contributed by atoms with Gasteiger partial charge in [-0.2, -0.15) is 10.5 Å². The maximum Gasteiger partial charge on any atom is 0.226 e. The number of nitriles is 2. The van der Waals surface area contributed by atoms with Gasteiger partial charge in [0.15, 0.2) is 0 Å². The number of carbonyl (C=O) groups excluding carboxylic acids is 9. The first kappa shape index (κ1) is 125. The minimum absolute atomic E-state index is 0.0466. The number of halogens is 4. The Kier molecular flexibility index (Phi) is 67.1. The Bertz CT molecular complexity index is 4970. The molecule has 5 N–H and O–H groups in total. The molecule has 0 fully saturated rings. The maximum absolute atomic E-state index is 13.6. The van der Waals surface area contributed by atoms with Gasteiger partial charge in [0.05, 0.1) is 64.9 Å². The van der Waals surface area contributed by atoms with Crippen LogP contribution in [0.3, 0.4) is 0 Å². The number of nitrogens with zero attached hydrogens (tertiary/aromatic N) is 9. The van der Waals surface area contributed by atoms with Gasteiger partial charge < -0.3 is 74.2 Å². The number of anilines is 7. The second-order valence-electron chi connectivity index (χ2n) is 34.1. The fourth-order valence-corrected chi connectivity index (χ4v) is 13.7. The zero-order valence-electron chi connectivity index (χ0n) is 84.1. The van der Waals surface area contributed by atoms with Gasteiger partial charge in [-0.15, -0.1) is 0 Å². The largest absolute Gasteiger partial charge is 0.513 e. The molecule has 762 valence electrons. The fourth-order valence-electron chi connectivity index (χ4n) is 13.5. The summed E-state index contributed by atoms with van der Waals surface area (Å²) in [6.45, 7) is 20.4. The molecule has 0 aliphatic carbocycles. The van der Waals surface area contributed by atoms with Gasteiger partial charge in [0.25, 0.3) is 0 Å². The average Bonchev–Trinajstić information content (AvgIpc) is 0.851. The Labute approximate surface area is 840 Å². The van der Waals surface area contributed by atoms with Gasteiger partial charge in [0, 0.05) is 183 Å². The lowest BCUT2D eigenvalue weighted by Crippen LogP contribution is -2.26. The van der Waals surface area contributed by atoms with Gasteiger partial charge in [-0.1, -0.05) is 139 Å². The number of carbonyl (C=O) groups is 9. The molecule has 0 aliphatic rings. The van der Waals surface area contributed by atoms with Gasteiger partial charge in [0.2, 0.25) is 41.4 Å². The van der Waals surface area contributed by atoms with Crippen molar-refractivity contribution in [3.63, 3.8) is 0 Å². The third kappa shape index (κ3) is 59.4. The number of hydrogen-bond donors (Lipinski definition) is 5. The number of amides is 7. The summed E-state index contributed by atoms with van der Waals surface area (Å²) in [6, 6.07) is 52.0. The molecule has 28 heteroatoms. The van der Waals surface area contributed by atoms with Crippen molar-refractivity contribution in [1.29, 1.82) is 10.5 Å². The first-order valence-electron chi connectivity index (χ1n) is 48.0. The van der Waals surface area contributed by atoms with Crippen molar-refractivity contribution >= 4 is 116 Å². The number of unbranched alkanes of at least 4 members (excludes halogenated alkanes) is 18. The van der Waals surface area contributed by atoms with Crippen molar-refractivity contribution < 1.29 is 82.2 Å². The zero-order valence-corrected chi connectivity index (χ0v) is 85.6. The summed E-state index contributed by atoms with van der Waals surface area (Å²) in [7, 11) is 13.7. The SMILES string of the molecule is C=C(O)CCCCCC(=O)N(C)c1ccc(C#N)cc1.C=C(O)CCCCCC(=O)N(C)c1ccc(Cl)cc1.C=C(O)CCCCCC(=O)N(C)c1ccc(OC)cc1.C=C(O)CCCCCCCC(=O)N(C)c1ccc(F)cc1.C=C(O)CCCCCCCC(=O)N(C)c1ccccc1F.CC(=O)CCCCC(=O)N(C)c1ccc(Cl)cc1.CC(=O)CCCCCCC(=O)N(C)c1ccc(C#N)cc1. The quantitative estimate of drug-likeness (QED) is 0.0175. The minimum Gasteiger partial charge on any atom is -0.513 e. The van der Waals surface area contributed by atoms with Gasteiger partial charge >= 0.3 is 0 Å². The predicted octanol–water partition coefficient (Wildman–Crippen LogP) is 27.6. The normalized spacial score (nSPS) is 10.1. The lowest BCUT2D eigenvalue weighted by atomic mass is 10.1. The molecule has 0 unspecified atom stereocenters. The number of para-hydroxylation sites is 1. The van der Waals surface area contributed by atoms with Crippen LogP contribution in [0.4, 0.5) is 48.6 Å². The van der Waals surface area contributed by atoms with E-state index in [1.165, 1.54) is 23.1 Å². The molecule has 0 aromatic heterocycles. The smallest absolute Gasteiger partial charge is 0.226 e. The van der Waals surface area contributed by atoms with E-state index in [4.69, 9.17) is 64.0 Å². The highest BCUT2D eigenvalue weighted by Gasteiger charge is 2.19. The number of aliphatic hydroxyl groups excluding tert-OH is 5. The molecule has 0 heterocycles. The predicted molar refractivity (Wildman–Crippen MR) is 565 cm³/mol. The number of hydrogen-bond acceptors (Lipinski definition) is 17. The van der Waals surface area contributed by atoms with Crippen LogP contribution in [0.5, 0.6) is 5.75 Å². The van der Waals surface area contributed by atoms with Crippen LogP contribution >= 0.6 is 23.2 Å². The second kappa shape index (κ2) is 75.1. The number of aliphatic hydroxyl groups is 5. The summed E-state index contributed by atoms with van der Waals surface area (Å²) < 4.78 is 31.5. The molecule has 7 aromatic carbocycles. The summed E-state index contributed by atoms with van der Waals surface area (Å²) in [5.74, 6) is 1.95. The van der Waals surface area contributed by atoms with E-state index in [2.05, 4.69) is 39.0 Å². The standard InChI is InChI=1S/2C17H24FNO2.C17H22N2O2.C16H20N2O2.C16H23NO3.C15H20ClNO2.C14H18ClNO2/c1-14(20)10-6-4-3-5-7-13-17(21)19(2)16-12-9-8-11-15(16)18;1-14(20)8-6-4-3-5-7-9-17(21)19(2)16-12-10-15(18)11-13-16;1-14(20)7-5-3-4-6-8-17(21)19(2)16-11-9-15(13-18)10-12-16;1-13(19)6-4-3-5-7-16(20)18(2)15-10-8-14(12-17)9-11-15;1-13(18)7-5-4-6-8-16(19)17(2)14-9-11-15(20-3)12-10-14;1-12(18)6-4-3-5-7-15(19)17(2)14-10-8-13(16)9-11-14;1-11(17)5-3-4-6-14(18)16(2)13-9-7-12(15)8-10-13/h8-9,11-12,20H,1,3-7,10,13H2,2H3;10-13,20H,1,3-9H2,2H3;9-12H,3-8H2,1-2H3;8-11,19H,1,3-7H2,2H3;9-12,18H,1,4-8H2,2-3H3;8-11,18H,1,3-7H2,2H3;7-10H,3-6H2,1-2H3. The summed E-state index contributed by atoms with van der Waals surface area (Å²) in [5, 5.41) is 63.5. The topological polar surface area (TPSA) is 334 Å². The molecule has 0 radical (unpaired) electrons. The molecular weight excluding hydrogens is 1820 g/mol. The van der Waals surface area contributed by atoms with E-state index in [0.717, 1.165) is 195 Å². The van der Waals surface area contributed by atoms with Crippen molar-refractivity contribution in [2.45, 2.75) is 264 Å². The molecule has 0 saturated heterocycles. The third-order valence-electron chi connectivity index (χ3n) is 22.3. The molecule has 140 heavy (non-hydrogen) atoms. The van der Waals surface area contributed by atoms with E-state index in [0.29, 0.717) is 122 Å². The van der Waals surface area contributed by atoms with Crippen molar-refractivity contribution in [3.05, 3.63) is 264 Å². The lowest BCUT2D eigenvalue weighted by Gasteiger charge is -2.17. The van der Waals surface area contributed by atoms with E-state index in [9.17, 15) is 51.9 Å². The molecule has 7 rings (SSSR count). The van der Waals surface area contributed by atoms with Crippen LogP contribution in [0.1, 0.15) is 275 Å². The van der Waals surface area contributed by atoms with Gasteiger partial charge in [0.1, 0.15) is 29.0 Å². The number of rotatable bonds is 54. The van der Waals surface area contributed by atoms with Crippen LogP contribution in [0.2, 0.25) is 10.0 Å². The Balaban J connectivity index is 0.000000817. The summed E-state index contributed by atoms with van der Waals surface area (Å²) in [4.78, 5) is 117. The molecule has 7 aromatic rings. The van der Waals surface area contributed by atoms with Gasteiger partial charge in [-0.05, 0) is 261 Å². The van der Waals surface area contributed by atoms with E-state index >= 15 is 0 Å². The van der Waals surface area contributed by atoms with Crippen molar-refractivity contribution in [3.8, 4) is 17.9 Å². The third-order valence-corrected chi connectivity index (χ3v) is 22.8. The monoisotopic (exact) mass is 1970 g/mol. The molecule has 0 saturated carbocycles. The van der Waals surface area contributed by atoms with Crippen molar-refractivity contribution in [1.82, 2.24) is 0 Å². The molecule has 0 bridgehead atoms. The number of methoxy groups -OCH3 is 1. The summed E-state index contributed by atoms with van der Waals surface area (Å²) in [5.41, 5.74) is 6.33. The van der Waals surface area contributed by atoms with E-state index in [1.807, 2.05) is 54.6 Å². The van der Waals surface area contributed by atoms with Gasteiger partial charge in [-0.25, -0.2) is 8.78 Å². The van der Waals surface area contributed by atoms with Crippen molar-refractivity contribution in [2.24, 2.45) is 0 Å². The average molecular weight is 1970 g/mol. The van der Waals surface area contributed by atoms with Crippen LogP contribution in [-0.2, 0) is 43.2 Å². The molecular formula is C112H151Cl2F2N9O15. The van der Waals surface area contributed by atoms with Crippen LogP contribution in [0.15, 0.2) is 232 Å². The Morgan fingerprint density at radius 2 is 0.479 bits per heavy atom. The Morgan fingerprint density at radius 3 is 0.714 bits per heavy atom. The number of Topliss-reactive ketones (excluding diaryl/α,β-unsaturated/α-hetero) is 2. The second-order valence-corrected chi connectivity index (χ2v) is 35.0. The van der Waals surface area contributed by atoms with Crippen LogP contribution < -0.4 is 39.0 Å². The number of allylic oxidation sites excluding steroid dienone is 5. The van der Waals surface area contributed by atoms with Crippen molar-refractivity contribution in [2.75, 3.05) is 90.7 Å². The highest BCUT2D eigenvalue weighted by molar-refractivity contribution is 6.31. The van der Waals surface area contributed by atoms with Gasteiger partial charge in [-0.3, -0.25) is 33.6 Å². The molecule has 7 amide bonds. The zero-order chi connectivity index (χ0) is 105. The molecule has 0 spiro atoms. The molecule has 24 nitrogen and oxygen atoms in total. The number of ether oxygens (including phenoxy) is 1. The molecule has 0 atom stereocenters. The highest BCUT2D eigenvalue weighted by atomic mass is 35.5. The summed E-state index contributed by atoms with van der Waals surface area (Å²) >= 11 is 11.6. The van der Waals surface area contributed by atoms with E-state index < -0.39 is 0 Å². The lowest BCUT2D eigenvalue weighted by molar-refractivity contribution is -0.119. The van der Waals surface area contributed by atoms with Crippen LogP contribution in [0, 0.1) is 34.3 Å².